The van der Waals surface area contributed by atoms with Crippen LogP contribution in [0.2, 0.25) is 10.0 Å². The molecule has 0 aromatic heterocycles. The van der Waals surface area contributed by atoms with Crippen molar-refractivity contribution in [3.63, 3.8) is 0 Å². The van der Waals surface area contributed by atoms with Crippen LogP contribution in [0.5, 0.6) is 0 Å². The first-order chi connectivity index (χ1) is 10.0. The Morgan fingerprint density at radius 1 is 1.10 bits per heavy atom. The first-order valence-corrected chi connectivity index (χ1v) is 7.04. The van der Waals surface area contributed by atoms with Crippen LogP contribution in [0.3, 0.4) is 0 Å². The van der Waals surface area contributed by atoms with Crippen molar-refractivity contribution in [2.75, 3.05) is 11.9 Å². The van der Waals surface area contributed by atoms with E-state index >= 15 is 0 Å². The molecule has 2 aromatic rings. The molecule has 2 amide bonds. The molecule has 0 saturated heterocycles. The average Bonchev–Trinajstić information content (AvgIpc) is 2.43. The van der Waals surface area contributed by atoms with E-state index in [1.54, 1.807) is 24.3 Å². The highest BCUT2D eigenvalue weighted by molar-refractivity contribution is 6.42. The topological polar surface area (TPSA) is 41.1 Å². The van der Waals surface area contributed by atoms with Crippen molar-refractivity contribution in [3.05, 3.63) is 63.9 Å². The highest BCUT2D eigenvalue weighted by atomic mass is 35.5. The van der Waals surface area contributed by atoms with Crippen molar-refractivity contribution in [1.82, 2.24) is 5.32 Å². The molecule has 0 unspecified atom stereocenters. The molecule has 0 spiro atoms. The fraction of sp³-hybridized carbons (Fsp3) is 0.133. The maximum atomic E-state index is 13.0. The van der Waals surface area contributed by atoms with Gasteiger partial charge in [-0.05, 0) is 42.3 Å². The van der Waals surface area contributed by atoms with E-state index in [1.165, 1.54) is 12.1 Å². The van der Waals surface area contributed by atoms with Gasteiger partial charge in [0, 0.05) is 12.2 Å². The summed E-state index contributed by atoms with van der Waals surface area (Å²) in [6, 6.07) is 10.7. The van der Waals surface area contributed by atoms with E-state index in [2.05, 4.69) is 10.6 Å². The lowest BCUT2D eigenvalue weighted by Gasteiger charge is -2.08. The van der Waals surface area contributed by atoms with Crippen LogP contribution in [0.15, 0.2) is 42.5 Å². The van der Waals surface area contributed by atoms with Gasteiger partial charge in [0.2, 0.25) is 0 Å². The number of carbonyl (C=O) groups is 1. The van der Waals surface area contributed by atoms with Crippen LogP contribution in [-0.4, -0.2) is 12.6 Å². The van der Waals surface area contributed by atoms with E-state index in [1.807, 2.05) is 6.07 Å². The lowest BCUT2D eigenvalue weighted by molar-refractivity contribution is 0.252. The standard InChI is InChI=1S/C15H13Cl2FN2O/c16-13-5-4-12(9-14(13)17)20-15(21)19-7-6-10-2-1-3-11(18)8-10/h1-5,8-9H,6-7H2,(H2,19,20,21). The van der Waals surface area contributed by atoms with Gasteiger partial charge in [-0.25, -0.2) is 9.18 Å². The Morgan fingerprint density at radius 3 is 2.62 bits per heavy atom. The minimum atomic E-state index is -0.357. The van der Waals surface area contributed by atoms with Crippen LogP contribution < -0.4 is 10.6 Å². The molecule has 21 heavy (non-hydrogen) atoms. The Balaban J connectivity index is 1.81. The molecule has 0 aliphatic carbocycles. The van der Waals surface area contributed by atoms with Crippen molar-refractivity contribution in [1.29, 1.82) is 0 Å². The summed E-state index contributed by atoms with van der Waals surface area (Å²) in [7, 11) is 0. The van der Waals surface area contributed by atoms with E-state index in [-0.39, 0.29) is 11.8 Å². The summed E-state index contributed by atoms with van der Waals surface area (Å²) in [5.41, 5.74) is 1.37. The van der Waals surface area contributed by atoms with Gasteiger partial charge in [0.05, 0.1) is 10.0 Å². The van der Waals surface area contributed by atoms with Gasteiger partial charge in [0.25, 0.3) is 0 Å². The number of carbonyl (C=O) groups excluding carboxylic acids is 1. The van der Waals surface area contributed by atoms with Crippen molar-refractivity contribution < 1.29 is 9.18 Å². The van der Waals surface area contributed by atoms with Crippen molar-refractivity contribution >= 4 is 34.9 Å². The molecule has 2 rings (SSSR count). The SMILES string of the molecule is O=C(NCCc1cccc(F)c1)Nc1ccc(Cl)c(Cl)c1. The predicted octanol–water partition coefficient (Wildman–Crippen LogP) is 4.50. The number of amides is 2. The lowest BCUT2D eigenvalue weighted by atomic mass is 10.1. The molecule has 0 bridgehead atoms. The summed E-state index contributed by atoms with van der Waals surface area (Å²) in [4.78, 5) is 11.7. The number of halogens is 3. The summed E-state index contributed by atoms with van der Waals surface area (Å²) in [5.74, 6) is -0.284. The zero-order valence-corrected chi connectivity index (χ0v) is 12.5. The Bertz CT molecular complexity index is 649. The van der Waals surface area contributed by atoms with E-state index < -0.39 is 0 Å². The Hall–Kier alpha value is -1.78. The van der Waals surface area contributed by atoms with Crippen LogP contribution >= 0.6 is 23.2 Å². The number of urea groups is 1. The van der Waals surface area contributed by atoms with E-state index in [0.29, 0.717) is 28.7 Å². The second-order valence-corrected chi connectivity index (χ2v) is 5.20. The van der Waals surface area contributed by atoms with Gasteiger partial charge in [-0.15, -0.1) is 0 Å². The van der Waals surface area contributed by atoms with E-state index in [9.17, 15) is 9.18 Å². The third-order valence-corrected chi connectivity index (χ3v) is 3.50. The summed E-state index contributed by atoms with van der Waals surface area (Å²) in [6.45, 7) is 0.399. The second kappa shape index (κ2) is 7.29. The summed E-state index contributed by atoms with van der Waals surface area (Å²) < 4.78 is 13.0. The summed E-state index contributed by atoms with van der Waals surface area (Å²) >= 11 is 11.6. The predicted molar refractivity (Wildman–Crippen MR) is 83.6 cm³/mol. The number of benzene rings is 2. The molecule has 0 fully saturated rings. The molecule has 110 valence electrons. The zero-order valence-electron chi connectivity index (χ0n) is 11.0. The third kappa shape index (κ3) is 4.92. The average molecular weight is 327 g/mol. The number of anilines is 1. The molecular weight excluding hydrogens is 314 g/mol. The third-order valence-electron chi connectivity index (χ3n) is 2.77. The normalized spacial score (nSPS) is 10.2. The van der Waals surface area contributed by atoms with Gasteiger partial charge in [0.15, 0.2) is 0 Å². The number of nitrogens with one attached hydrogen (secondary N) is 2. The van der Waals surface area contributed by atoms with Crippen LogP contribution in [0, 0.1) is 5.82 Å². The van der Waals surface area contributed by atoms with Gasteiger partial charge in [-0.1, -0.05) is 35.3 Å². The fourth-order valence-electron chi connectivity index (χ4n) is 1.76. The number of hydrogen-bond donors (Lipinski definition) is 2. The molecule has 0 radical (unpaired) electrons. The molecular formula is C15H13Cl2FN2O. The largest absolute Gasteiger partial charge is 0.338 e. The quantitative estimate of drug-likeness (QED) is 0.853. The molecule has 0 aliphatic heterocycles. The lowest BCUT2D eigenvalue weighted by Crippen LogP contribution is -2.30. The molecule has 0 heterocycles. The van der Waals surface area contributed by atoms with Crippen LogP contribution in [0.25, 0.3) is 0 Å². The van der Waals surface area contributed by atoms with Gasteiger partial charge in [0.1, 0.15) is 5.82 Å². The second-order valence-electron chi connectivity index (χ2n) is 4.39. The molecule has 0 aliphatic rings. The van der Waals surface area contributed by atoms with Crippen LogP contribution in [0.4, 0.5) is 14.9 Å². The van der Waals surface area contributed by atoms with Crippen molar-refractivity contribution in [3.8, 4) is 0 Å². The van der Waals surface area contributed by atoms with Crippen LogP contribution in [0.1, 0.15) is 5.56 Å². The molecule has 6 heteroatoms. The van der Waals surface area contributed by atoms with Gasteiger partial charge in [-0.3, -0.25) is 0 Å². The maximum absolute atomic E-state index is 13.0. The molecule has 2 aromatic carbocycles. The van der Waals surface area contributed by atoms with Crippen molar-refractivity contribution in [2.24, 2.45) is 0 Å². The highest BCUT2D eigenvalue weighted by Crippen LogP contribution is 2.24. The molecule has 3 nitrogen and oxygen atoms in total. The summed E-state index contributed by atoms with van der Waals surface area (Å²) in [5, 5.41) is 6.12. The Morgan fingerprint density at radius 2 is 1.90 bits per heavy atom. The zero-order chi connectivity index (χ0) is 15.2. The van der Waals surface area contributed by atoms with Gasteiger partial charge in [-0.2, -0.15) is 0 Å². The number of rotatable bonds is 4. The monoisotopic (exact) mass is 326 g/mol. The molecule has 0 atom stereocenters. The van der Waals surface area contributed by atoms with Crippen LogP contribution in [-0.2, 0) is 6.42 Å². The Labute approximate surface area is 132 Å². The minimum Gasteiger partial charge on any atom is -0.338 e. The minimum absolute atomic E-state index is 0.284. The maximum Gasteiger partial charge on any atom is 0.319 e. The first kappa shape index (κ1) is 15.6. The van der Waals surface area contributed by atoms with E-state index in [0.717, 1.165) is 5.56 Å². The van der Waals surface area contributed by atoms with Gasteiger partial charge >= 0.3 is 6.03 Å². The van der Waals surface area contributed by atoms with Gasteiger partial charge < -0.3 is 10.6 Å². The first-order valence-electron chi connectivity index (χ1n) is 6.29. The smallest absolute Gasteiger partial charge is 0.319 e. The fourth-order valence-corrected chi connectivity index (χ4v) is 2.06. The number of hydrogen-bond acceptors (Lipinski definition) is 1. The summed E-state index contributed by atoms with van der Waals surface area (Å²) in [6.07, 6.45) is 0.548. The van der Waals surface area contributed by atoms with Crippen molar-refractivity contribution in [2.45, 2.75) is 6.42 Å². The highest BCUT2D eigenvalue weighted by Gasteiger charge is 2.04. The molecule has 2 N–H and O–H groups in total. The van der Waals surface area contributed by atoms with E-state index in [4.69, 9.17) is 23.2 Å². The Kier molecular flexibility index (Phi) is 5.42. The molecule has 0 saturated carbocycles.